The highest BCUT2D eigenvalue weighted by Crippen LogP contribution is 2.31. The Hall–Kier alpha value is -0.960. The lowest BCUT2D eigenvalue weighted by Crippen LogP contribution is -2.16. The van der Waals surface area contributed by atoms with Gasteiger partial charge in [-0.3, -0.25) is 0 Å². The molecule has 3 nitrogen and oxygen atoms in total. The number of rotatable bonds is 4. The van der Waals surface area contributed by atoms with E-state index in [4.69, 9.17) is 10.7 Å². The summed E-state index contributed by atoms with van der Waals surface area (Å²) in [5, 5.41) is 0. The molecule has 1 aromatic heterocycles. The van der Waals surface area contributed by atoms with Crippen LogP contribution in [-0.2, 0) is 6.42 Å². The average molecular weight is 247 g/mol. The quantitative estimate of drug-likeness (QED) is 0.890. The third-order valence-corrected chi connectivity index (χ3v) is 3.88. The molecule has 1 atom stereocenters. The van der Waals surface area contributed by atoms with Gasteiger partial charge in [-0.05, 0) is 38.3 Å². The second-order valence-electron chi connectivity index (χ2n) is 5.73. The van der Waals surface area contributed by atoms with Gasteiger partial charge in [-0.15, -0.1) is 0 Å². The molecular formula is C15H25N3. The summed E-state index contributed by atoms with van der Waals surface area (Å²) in [6.07, 6.45) is 7.57. The molecule has 0 amide bonds. The van der Waals surface area contributed by atoms with Gasteiger partial charge >= 0.3 is 0 Å². The van der Waals surface area contributed by atoms with Crippen molar-refractivity contribution < 1.29 is 0 Å². The van der Waals surface area contributed by atoms with Crippen molar-refractivity contribution in [1.29, 1.82) is 0 Å². The molecule has 2 N–H and O–H groups in total. The molecule has 1 saturated carbocycles. The van der Waals surface area contributed by atoms with Crippen molar-refractivity contribution in [3.63, 3.8) is 0 Å². The van der Waals surface area contributed by atoms with Gasteiger partial charge in [0.1, 0.15) is 5.82 Å². The van der Waals surface area contributed by atoms with Crippen molar-refractivity contribution in [2.45, 2.75) is 58.3 Å². The van der Waals surface area contributed by atoms with E-state index < -0.39 is 0 Å². The van der Waals surface area contributed by atoms with E-state index in [1.54, 1.807) is 0 Å². The van der Waals surface area contributed by atoms with Crippen molar-refractivity contribution in [1.82, 2.24) is 9.97 Å². The van der Waals surface area contributed by atoms with Gasteiger partial charge in [-0.25, -0.2) is 9.97 Å². The molecule has 1 aliphatic rings. The summed E-state index contributed by atoms with van der Waals surface area (Å²) in [5.41, 5.74) is 8.05. The Morgan fingerprint density at radius 2 is 2.00 bits per heavy atom. The zero-order valence-electron chi connectivity index (χ0n) is 11.7. The highest BCUT2D eigenvalue weighted by atomic mass is 14.9. The van der Waals surface area contributed by atoms with E-state index in [0.29, 0.717) is 18.4 Å². The second kappa shape index (κ2) is 6.28. The second-order valence-corrected chi connectivity index (χ2v) is 5.73. The van der Waals surface area contributed by atoms with Crippen molar-refractivity contribution in [2.24, 2.45) is 11.7 Å². The van der Waals surface area contributed by atoms with Crippen molar-refractivity contribution in [3.05, 3.63) is 23.3 Å². The molecule has 0 radical (unpaired) electrons. The summed E-state index contributed by atoms with van der Waals surface area (Å²) in [7, 11) is 0. The Balaban J connectivity index is 2.14. The monoisotopic (exact) mass is 247 g/mol. The van der Waals surface area contributed by atoms with Crippen LogP contribution < -0.4 is 5.73 Å². The molecule has 1 fully saturated rings. The summed E-state index contributed by atoms with van der Waals surface area (Å²) in [4.78, 5) is 9.33. The zero-order chi connectivity index (χ0) is 13.0. The fraction of sp³-hybridized carbons (Fsp3) is 0.733. The number of nitrogens with two attached hydrogens (primary N) is 1. The number of aryl methyl sites for hydroxylation is 1. The Morgan fingerprint density at radius 3 is 2.67 bits per heavy atom. The first-order valence-electron chi connectivity index (χ1n) is 7.23. The maximum Gasteiger partial charge on any atom is 0.129 e. The molecule has 2 rings (SSSR count). The highest BCUT2D eigenvalue weighted by molar-refractivity contribution is 5.15. The van der Waals surface area contributed by atoms with E-state index in [-0.39, 0.29) is 0 Å². The summed E-state index contributed by atoms with van der Waals surface area (Å²) in [6.45, 7) is 4.94. The summed E-state index contributed by atoms with van der Waals surface area (Å²) < 4.78 is 0. The molecule has 0 aromatic carbocycles. The number of hydrogen-bond donors (Lipinski definition) is 1. The standard InChI is InChI=1S/C15H25N3/c1-11(10-16)8-15-17-12(2)9-14(18-15)13-6-4-3-5-7-13/h9,11,13H,3-8,10,16H2,1-2H3. The Labute approximate surface area is 110 Å². The minimum Gasteiger partial charge on any atom is -0.330 e. The van der Waals surface area contributed by atoms with Crippen LogP contribution in [0, 0.1) is 12.8 Å². The van der Waals surface area contributed by atoms with Crippen LogP contribution in [-0.4, -0.2) is 16.5 Å². The van der Waals surface area contributed by atoms with E-state index in [1.165, 1.54) is 37.8 Å². The van der Waals surface area contributed by atoms with Gasteiger partial charge in [0, 0.05) is 23.7 Å². The molecule has 1 unspecified atom stereocenters. The summed E-state index contributed by atoms with van der Waals surface area (Å²) in [5.74, 6) is 2.10. The zero-order valence-corrected chi connectivity index (χ0v) is 11.7. The predicted molar refractivity (Wildman–Crippen MR) is 74.5 cm³/mol. The van der Waals surface area contributed by atoms with Crippen LogP contribution in [0.1, 0.15) is 62.2 Å². The van der Waals surface area contributed by atoms with Gasteiger partial charge in [-0.1, -0.05) is 26.2 Å². The SMILES string of the molecule is Cc1cc(C2CCCCC2)nc(CC(C)CN)n1. The lowest BCUT2D eigenvalue weighted by atomic mass is 9.86. The van der Waals surface area contributed by atoms with Crippen LogP contribution in [0.5, 0.6) is 0 Å². The van der Waals surface area contributed by atoms with Crippen LogP contribution in [0.2, 0.25) is 0 Å². The van der Waals surface area contributed by atoms with E-state index in [9.17, 15) is 0 Å². The summed E-state index contributed by atoms with van der Waals surface area (Å²) >= 11 is 0. The highest BCUT2D eigenvalue weighted by Gasteiger charge is 2.18. The van der Waals surface area contributed by atoms with Crippen molar-refractivity contribution in [2.75, 3.05) is 6.54 Å². The number of hydrogen-bond acceptors (Lipinski definition) is 3. The predicted octanol–water partition coefficient (Wildman–Crippen LogP) is 2.97. The molecule has 0 bridgehead atoms. The van der Waals surface area contributed by atoms with Crippen molar-refractivity contribution >= 4 is 0 Å². The van der Waals surface area contributed by atoms with E-state index in [1.807, 2.05) is 0 Å². The smallest absolute Gasteiger partial charge is 0.129 e. The molecular weight excluding hydrogens is 222 g/mol. The lowest BCUT2D eigenvalue weighted by molar-refractivity contribution is 0.433. The van der Waals surface area contributed by atoms with E-state index in [2.05, 4.69) is 24.9 Å². The fourth-order valence-electron chi connectivity index (χ4n) is 2.75. The van der Waals surface area contributed by atoms with Crippen LogP contribution >= 0.6 is 0 Å². The molecule has 3 heteroatoms. The molecule has 0 saturated heterocycles. The molecule has 1 heterocycles. The third-order valence-electron chi connectivity index (χ3n) is 3.88. The van der Waals surface area contributed by atoms with E-state index >= 15 is 0 Å². The lowest BCUT2D eigenvalue weighted by Gasteiger charge is -2.22. The molecule has 0 spiro atoms. The van der Waals surface area contributed by atoms with Gasteiger partial charge in [0.15, 0.2) is 0 Å². The normalized spacial score (nSPS) is 18.8. The summed E-state index contributed by atoms with van der Waals surface area (Å²) in [6, 6.07) is 2.17. The van der Waals surface area contributed by atoms with Crippen LogP contribution in [0.25, 0.3) is 0 Å². The molecule has 18 heavy (non-hydrogen) atoms. The van der Waals surface area contributed by atoms with Crippen LogP contribution in [0.3, 0.4) is 0 Å². The van der Waals surface area contributed by atoms with Crippen LogP contribution in [0.4, 0.5) is 0 Å². The van der Waals surface area contributed by atoms with Gasteiger partial charge in [0.2, 0.25) is 0 Å². The average Bonchev–Trinajstić information content (AvgIpc) is 2.39. The van der Waals surface area contributed by atoms with Crippen molar-refractivity contribution in [3.8, 4) is 0 Å². The van der Waals surface area contributed by atoms with E-state index in [0.717, 1.165) is 17.9 Å². The minimum absolute atomic E-state index is 0.464. The van der Waals surface area contributed by atoms with Gasteiger partial charge in [-0.2, -0.15) is 0 Å². The molecule has 100 valence electrons. The van der Waals surface area contributed by atoms with Gasteiger partial charge < -0.3 is 5.73 Å². The largest absolute Gasteiger partial charge is 0.330 e. The van der Waals surface area contributed by atoms with Crippen LogP contribution in [0.15, 0.2) is 6.07 Å². The molecule has 0 aliphatic heterocycles. The first kappa shape index (κ1) is 13.5. The third kappa shape index (κ3) is 3.52. The first-order valence-corrected chi connectivity index (χ1v) is 7.23. The minimum atomic E-state index is 0.464. The fourth-order valence-corrected chi connectivity index (χ4v) is 2.75. The molecule has 1 aromatic rings. The number of aromatic nitrogens is 2. The Kier molecular flexibility index (Phi) is 4.70. The topological polar surface area (TPSA) is 51.8 Å². The van der Waals surface area contributed by atoms with Gasteiger partial charge in [0.05, 0.1) is 0 Å². The van der Waals surface area contributed by atoms with Gasteiger partial charge in [0.25, 0.3) is 0 Å². The maximum atomic E-state index is 5.68. The Bertz CT molecular complexity index is 383. The number of nitrogens with zero attached hydrogens (tertiary/aromatic N) is 2. The molecule has 1 aliphatic carbocycles. The maximum absolute atomic E-state index is 5.68. The first-order chi connectivity index (χ1) is 8.69. The Morgan fingerprint density at radius 1 is 1.28 bits per heavy atom.